The van der Waals surface area contributed by atoms with Crippen LogP contribution in [0.3, 0.4) is 0 Å². The maximum absolute atomic E-state index is 11.8. The molecule has 0 saturated carbocycles. The van der Waals surface area contributed by atoms with Gasteiger partial charge in [0.25, 0.3) is 5.91 Å². The zero-order chi connectivity index (χ0) is 20.4. The second-order valence-electron chi connectivity index (χ2n) is 6.79. The minimum absolute atomic E-state index is 0. The smallest absolute Gasteiger partial charge is 0.251 e. The first-order chi connectivity index (χ1) is 13.6. The number of nitrogens with one attached hydrogen (secondary N) is 2. The van der Waals surface area contributed by atoms with Crippen LogP contribution in [0.5, 0.6) is 0 Å². The van der Waals surface area contributed by atoms with E-state index in [0.29, 0.717) is 12.1 Å². The number of carbonyl (C=O) groups is 1. The standard InChI is InChI=1S/C23H32N4O.HI/c1-5-18-10-12-20(13-11-18)17-27(4)23(25-6-2)26-15-14-19-8-7-9-21(16-19)22(28)24-3;/h7-13,16H,5-6,14-15,17H2,1-4H3,(H,24,28)(H,25,26);1H. The van der Waals surface area contributed by atoms with Crippen molar-refractivity contribution >= 4 is 35.8 Å². The molecular formula is C23H33IN4O. The first kappa shape index (κ1) is 24.9. The van der Waals surface area contributed by atoms with E-state index in [-0.39, 0.29) is 29.9 Å². The van der Waals surface area contributed by atoms with Crippen LogP contribution < -0.4 is 10.6 Å². The lowest BCUT2D eigenvalue weighted by molar-refractivity contribution is 0.0963. The number of guanidine groups is 1. The molecule has 158 valence electrons. The van der Waals surface area contributed by atoms with E-state index in [9.17, 15) is 4.79 Å². The molecule has 6 heteroatoms. The predicted octanol–water partition coefficient (Wildman–Crippen LogP) is 3.87. The van der Waals surface area contributed by atoms with Gasteiger partial charge in [-0.15, -0.1) is 24.0 Å². The lowest BCUT2D eigenvalue weighted by Gasteiger charge is -2.22. The number of amides is 1. The Morgan fingerprint density at radius 1 is 1.03 bits per heavy atom. The second kappa shape index (κ2) is 13.2. The molecule has 2 N–H and O–H groups in total. The Balaban J connectivity index is 0.00000420. The summed E-state index contributed by atoms with van der Waals surface area (Å²) in [6.07, 6.45) is 1.85. The highest BCUT2D eigenvalue weighted by atomic mass is 127. The Labute approximate surface area is 192 Å². The lowest BCUT2D eigenvalue weighted by atomic mass is 10.1. The van der Waals surface area contributed by atoms with Gasteiger partial charge >= 0.3 is 0 Å². The largest absolute Gasteiger partial charge is 0.357 e. The highest BCUT2D eigenvalue weighted by molar-refractivity contribution is 14.0. The van der Waals surface area contributed by atoms with Crippen molar-refractivity contribution in [3.63, 3.8) is 0 Å². The third kappa shape index (κ3) is 8.04. The van der Waals surface area contributed by atoms with Crippen molar-refractivity contribution in [3.05, 3.63) is 70.8 Å². The Kier molecular flexibility index (Phi) is 11.3. The van der Waals surface area contributed by atoms with Gasteiger partial charge in [-0.25, -0.2) is 0 Å². The highest BCUT2D eigenvalue weighted by Gasteiger charge is 2.07. The summed E-state index contributed by atoms with van der Waals surface area (Å²) in [5, 5.41) is 6.02. The first-order valence-corrected chi connectivity index (χ1v) is 9.95. The molecule has 0 aliphatic rings. The normalized spacial score (nSPS) is 10.8. The summed E-state index contributed by atoms with van der Waals surface area (Å²) in [6.45, 7) is 6.54. The van der Waals surface area contributed by atoms with Crippen LogP contribution in [0.2, 0.25) is 0 Å². The van der Waals surface area contributed by atoms with Crippen molar-refractivity contribution in [2.24, 2.45) is 4.99 Å². The maximum Gasteiger partial charge on any atom is 0.251 e. The molecule has 2 aromatic carbocycles. The average Bonchev–Trinajstić information content (AvgIpc) is 2.73. The summed E-state index contributed by atoms with van der Waals surface area (Å²) in [6, 6.07) is 16.5. The molecule has 5 nitrogen and oxygen atoms in total. The molecule has 0 heterocycles. The number of rotatable bonds is 8. The van der Waals surface area contributed by atoms with Crippen molar-refractivity contribution < 1.29 is 4.79 Å². The SMILES string of the molecule is CCNC(=NCCc1cccc(C(=O)NC)c1)N(C)Cc1ccc(CC)cc1.I. The van der Waals surface area contributed by atoms with Crippen molar-refractivity contribution in [2.75, 3.05) is 27.2 Å². The number of nitrogens with zero attached hydrogens (tertiary/aromatic N) is 2. The van der Waals surface area contributed by atoms with Crippen molar-refractivity contribution in [2.45, 2.75) is 33.2 Å². The van der Waals surface area contributed by atoms with Gasteiger partial charge in [-0.05, 0) is 48.6 Å². The van der Waals surface area contributed by atoms with Gasteiger partial charge in [0.15, 0.2) is 5.96 Å². The van der Waals surface area contributed by atoms with Crippen LogP contribution in [0.15, 0.2) is 53.5 Å². The zero-order valence-electron chi connectivity index (χ0n) is 17.9. The Morgan fingerprint density at radius 2 is 1.72 bits per heavy atom. The van der Waals surface area contributed by atoms with Gasteiger partial charge in [0.2, 0.25) is 0 Å². The monoisotopic (exact) mass is 508 g/mol. The molecule has 0 unspecified atom stereocenters. The molecule has 0 atom stereocenters. The van der Waals surface area contributed by atoms with Crippen LogP contribution in [-0.2, 0) is 19.4 Å². The minimum atomic E-state index is -0.0625. The third-order valence-corrected chi connectivity index (χ3v) is 4.63. The highest BCUT2D eigenvalue weighted by Crippen LogP contribution is 2.09. The van der Waals surface area contributed by atoms with Gasteiger partial charge in [0.1, 0.15) is 0 Å². The molecule has 0 fully saturated rings. The van der Waals surface area contributed by atoms with E-state index < -0.39 is 0 Å². The molecule has 0 spiro atoms. The van der Waals surface area contributed by atoms with E-state index >= 15 is 0 Å². The van der Waals surface area contributed by atoms with Crippen molar-refractivity contribution in [3.8, 4) is 0 Å². The zero-order valence-corrected chi connectivity index (χ0v) is 20.2. The third-order valence-electron chi connectivity index (χ3n) is 4.63. The summed E-state index contributed by atoms with van der Waals surface area (Å²) in [5.74, 6) is 0.831. The van der Waals surface area contributed by atoms with Crippen LogP contribution in [-0.4, -0.2) is 44.0 Å². The number of aryl methyl sites for hydroxylation is 1. The fraction of sp³-hybridized carbons (Fsp3) is 0.391. The number of aliphatic imine (C=N–C) groups is 1. The summed E-state index contributed by atoms with van der Waals surface area (Å²) < 4.78 is 0. The molecule has 0 radical (unpaired) electrons. The number of hydrogen-bond donors (Lipinski definition) is 2. The summed E-state index contributed by atoms with van der Waals surface area (Å²) in [4.78, 5) is 18.7. The molecule has 2 aromatic rings. The Morgan fingerprint density at radius 3 is 2.34 bits per heavy atom. The van der Waals surface area contributed by atoms with E-state index in [4.69, 9.17) is 4.99 Å². The molecule has 0 saturated heterocycles. The van der Waals surface area contributed by atoms with E-state index in [1.165, 1.54) is 11.1 Å². The van der Waals surface area contributed by atoms with Gasteiger partial charge in [0, 0.05) is 39.3 Å². The molecule has 1 amide bonds. The molecule has 2 rings (SSSR count). The van der Waals surface area contributed by atoms with E-state index in [0.717, 1.165) is 37.5 Å². The van der Waals surface area contributed by atoms with Crippen LogP contribution >= 0.6 is 24.0 Å². The number of benzene rings is 2. The maximum atomic E-state index is 11.8. The average molecular weight is 508 g/mol. The van der Waals surface area contributed by atoms with Crippen molar-refractivity contribution in [1.82, 2.24) is 15.5 Å². The van der Waals surface area contributed by atoms with Gasteiger partial charge in [0.05, 0.1) is 0 Å². The van der Waals surface area contributed by atoms with E-state index in [2.05, 4.69) is 60.7 Å². The quantitative estimate of drug-likeness (QED) is 0.324. The molecule has 29 heavy (non-hydrogen) atoms. The summed E-state index contributed by atoms with van der Waals surface area (Å²) in [5.41, 5.74) is 4.41. The summed E-state index contributed by atoms with van der Waals surface area (Å²) >= 11 is 0. The predicted molar refractivity (Wildman–Crippen MR) is 132 cm³/mol. The molecule has 0 aliphatic heterocycles. The number of halogens is 1. The molecule has 0 aliphatic carbocycles. The van der Waals surface area contributed by atoms with Crippen LogP contribution in [0, 0.1) is 0 Å². The van der Waals surface area contributed by atoms with Crippen LogP contribution in [0.4, 0.5) is 0 Å². The fourth-order valence-electron chi connectivity index (χ4n) is 3.00. The first-order valence-electron chi connectivity index (χ1n) is 9.95. The van der Waals surface area contributed by atoms with Crippen LogP contribution in [0.25, 0.3) is 0 Å². The van der Waals surface area contributed by atoms with Gasteiger partial charge in [-0.1, -0.05) is 43.3 Å². The topological polar surface area (TPSA) is 56.7 Å². The second-order valence-corrected chi connectivity index (χ2v) is 6.79. The molecule has 0 bridgehead atoms. The number of carbonyl (C=O) groups excluding carboxylic acids is 1. The molecular weight excluding hydrogens is 475 g/mol. The van der Waals surface area contributed by atoms with Gasteiger partial charge in [-0.2, -0.15) is 0 Å². The number of hydrogen-bond acceptors (Lipinski definition) is 2. The Bertz CT molecular complexity index is 790. The lowest BCUT2D eigenvalue weighted by Crippen LogP contribution is -2.38. The van der Waals surface area contributed by atoms with Gasteiger partial charge < -0.3 is 15.5 Å². The van der Waals surface area contributed by atoms with Crippen LogP contribution in [0.1, 0.15) is 40.9 Å². The molecule has 0 aromatic heterocycles. The van der Waals surface area contributed by atoms with E-state index in [1.54, 1.807) is 7.05 Å². The van der Waals surface area contributed by atoms with E-state index in [1.807, 2.05) is 24.3 Å². The minimum Gasteiger partial charge on any atom is -0.357 e. The Hall–Kier alpha value is -2.09. The fourth-order valence-corrected chi connectivity index (χ4v) is 3.00. The summed E-state index contributed by atoms with van der Waals surface area (Å²) in [7, 11) is 3.70. The van der Waals surface area contributed by atoms with Crippen molar-refractivity contribution in [1.29, 1.82) is 0 Å². The van der Waals surface area contributed by atoms with Gasteiger partial charge in [-0.3, -0.25) is 9.79 Å².